The Bertz CT molecular complexity index is 278. The Morgan fingerprint density at radius 2 is 1.72 bits per heavy atom. The molecule has 0 aromatic rings. The average molecular weight is 270 g/mol. The molecule has 0 bridgehead atoms. The quantitative estimate of drug-likeness (QED) is 0.616. The normalized spacial score (nSPS) is 26.7. The SMILES string of the molecule is O=C(O)NC1CCC(NC(CO)C(F)(F)F)CC1. The summed E-state index contributed by atoms with van der Waals surface area (Å²) in [5, 5.41) is 21.9. The summed E-state index contributed by atoms with van der Waals surface area (Å²) in [5.74, 6) is 0. The number of nitrogens with one attached hydrogen (secondary N) is 2. The van der Waals surface area contributed by atoms with Gasteiger partial charge in [0.05, 0.1) is 6.61 Å². The molecule has 1 amide bonds. The molecule has 1 atom stereocenters. The molecule has 0 heterocycles. The molecule has 4 N–H and O–H groups in total. The minimum atomic E-state index is -4.47. The summed E-state index contributed by atoms with van der Waals surface area (Å²) in [6, 6.07) is -2.44. The van der Waals surface area contributed by atoms with Gasteiger partial charge < -0.3 is 20.8 Å². The van der Waals surface area contributed by atoms with Crippen LogP contribution in [0, 0.1) is 0 Å². The summed E-state index contributed by atoms with van der Waals surface area (Å²) >= 11 is 0. The second-order valence-electron chi connectivity index (χ2n) is 4.44. The molecule has 0 radical (unpaired) electrons. The van der Waals surface area contributed by atoms with Crippen LogP contribution in [0.3, 0.4) is 0 Å². The Morgan fingerprint density at radius 3 is 2.11 bits per heavy atom. The fourth-order valence-corrected chi connectivity index (χ4v) is 2.11. The Morgan fingerprint density at radius 1 is 1.22 bits per heavy atom. The molecule has 0 aromatic heterocycles. The van der Waals surface area contributed by atoms with E-state index >= 15 is 0 Å². The number of hydrogen-bond acceptors (Lipinski definition) is 3. The molecular weight excluding hydrogens is 253 g/mol. The maximum atomic E-state index is 12.4. The van der Waals surface area contributed by atoms with Gasteiger partial charge >= 0.3 is 12.3 Å². The van der Waals surface area contributed by atoms with Crippen molar-refractivity contribution in [3.05, 3.63) is 0 Å². The number of hydrogen-bond donors (Lipinski definition) is 4. The van der Waals surface area contributed by atoms with E-state index in [1.165, 1.54) is 0 Å². The van der Waals surface area contributed by atoms with Gasteiger partial charge in [-0.3, -0.25) is 0 Å². The van der Waals surface area contributed by atoms with Crippen molar-refractivity contribution in [1.82, 2.24) is 10.6 Å². The Hall–Kier alpha value is -1.02. The van der Waals surface area contributed by atoms with E-state index in [1.54, 1.807) is 0 Å². The molecule has 0 spiro atoms. The highest BCUT2D eigenvalue weighted by Gasteiger charge is 2.40. The van der Waals surface area contributed by atoms with E-state index in [1.807, 2.05) is 0 Å². The highest BCUT2D eigenvalue weighted by Crippen LogP contribution is 2.24. The molecule has 1 aliphatic carbocycles. The van der Waals surface area contributed by atoms with E-state index < -0.39 is 24.9 Å². The average Bonchev–Trinajstić information content (AvgIpc) is 2.25. The van der Waals surface area contributed by atoms with Crippen LogP contribution >= 0.6 is 0 Å². The summed E-state index contributed by atoms with van der Waals surface area (Å²) in [6.07, 6.45) is -3.67. The predicted molar refractivity (Wildman–Crippen MR) is 57.3 cm³/mol. The van der Waals surface area contributed by atoms with Crippen LogP contribution in [-0.4, -0.2) is 47.2 Å². The van der Waals surface area contributed by atoms with Crippen LogP contribution in [0.4, 0.5) is 18.0 Å². The maximum Gasteiger partial charge on any atom is 0.406 e. The predicted octanol–water partition coefficient (Wildman–Crippen LogP) is 1.08. The zero-order valence-electron chi connectivity index (χ0n) is 9.70. The third kappa shape index (κ3) is 4.69. The lowest BCUT2D eigenvalue weighted by molar-refractivity contribution is -0.166. The van der Waals surface area contributed by atoms with E-state index in [0.29, 0.717) is 25.7 Å². The summed E-state index contributed by atoms with van der Waals surface area (Å²) in [4.78, 5) is 10.4. The van der Waals surface area contributed by atoms with Gasteiger partial charge in [-0.1, -0.05) is 0 Å². The fraction of sp³-hybridized carbons (Fsp3) is 0.900. The molecule has 106 valence electrons. The van der Waals surface area contributed by atoms with Gasteiger partial charge in [-0.2, -0.15) is 13.2 Å². The Labute approximate surface area is 102 Å². The highest BCUT2D eigenvalue weighted by atomic mass is 19.4. The first kappa shape index (κ1) is 15.0. The van der Waals surface area contributed by atoms with Crippen LogP contribution in [-0.2, 0) is 0 Å². The van der Waals surface area contributed by atoms with Crippen molar-refractivity contribution in [2.24, 2.45) is 0 Å². The van der Waals surface area contributed by atoms with Crippen LogP contribution < -0.4 is 10.6 Å². The number of halogens is 3. The van der Waals surface area contributed by atoms with Crippen LogP contribution in [0.25, 0.3) is 0 Å². The van der Waals surface area contributed by atoms with E-state index in [4.69, 9.17) is 10.2 Å². The standard InChI is InChI=1S/C10H17F3N2O3/c11-10(12,13)8(5-16)14-6-1-3-7(4-2-6)15-9(17)18/h6-8,14-16H,1-5H2,(H,17,18). The number of carbonyl (C=O) groups is 1. The molecule has 0 aliphatic heterocycles. The van der Waals surface area contributed by atoms with Crippen molar-refractivity contribution in [3.8, 4) is 0 Å². The number of amides is 1. The van der Waals surface area contributed by atoms with Gasteiger partial charge in [0.15, 0.2) is 0 Å². The van der Waals surface area contributed by atoms with Gasteiger partial charge in [0, 0.05) is 12.1 Å². The van der Waals surface area contributed by atoms with E-state index in [2.05, 4.69) is 10.6 Å². The van der Waals surface area contributed by atoms with Gasteiger partial charge in [0.1, 0.15) is 6.04 Å². The highest BCUT2D eigenvalue weighted by molar-refractivity contribution is 5.64. The molecule has 1 unspecified atom stereocenters. The molecule has 8 heteroatoms. The number of rotatable bonds is 4. The maximum absolute atomic E-state index is 12.4. The smallest absolute Gasteiger partial charge is 0.406 e. The van der Waals surface area contributed by atoms with Crippen LogP contribution in [0.5, 0.6) is 0 Å². The number of carboxylic acid groups (broad SMARTS) is 1. The van der Waals surface area contributed by atoms with Crippen molar-refractivity contribution in [3.63, 3.8) is 0 Å². The summed E-state index contributed by atoms with van der Waals surface area (Å²) in [6.45, 7) is -0.989. The third-order valence-corrected chi connectivity index (χ3v) is 3.07. The van der Waals surface area contributed by atoms with Crippen LogP contribution in [0.2, 0.25) is 0 Å². The third-order valence-electron chi connectivity index (χ3n) is 3.07. The first-order chi connectivity index (χ1) is 8.32. The lowest BCUT2D eigenvalue weighted by Gasteiger charge is -2.32. The molecule has 0 saturated heterocycles. The fourth-order valence-electron chi connectivity index (χ4n) is 2.11. The summed E-state index contributed by atoms with van der Waals surface area (Å²) < 4.78 is 37.2. The molecule has 5 nitrogen and oxygen atoms in total. The van der Waals surface area contributed by atoms with Gasteiger partial charge in [0.2, 0.25) is 0 Å². The number of alkyl halides is 3. The zero-order chi connectivity index (χ0) is 13.8. The summed E-state index contributed by atoms with van der Waals surface area (Å²) in [5.41, 5.74) is 0. The van der Waals surface area contributed by atoms with E-state index in [9.17, 15) is 18.0 Å². The first-order valence-corrected chi connectivity index (χ1v) is 5.76. The molecule has 1 saturated carbocycles. The number of aliphatic hydroxyl groups is 1. The lowest BCUT2D eigenvalue weighted by atomic mass is 9.91. The topological polar surface area (TPSA) is 81.6 Å². The molecule has 1 rings (SSSR count). The zero-order valence-corrected chi connectivity index (χ0v) is 9.70. The summed E-state index contributed by atoms with van der Waals surface area (Å²) in [7, 11) is 0. The van der Waals surface area contributed by atoms with Crippen molar-refractivity contribution >= 4 is 6.09 Å². The van der Waals surface area contributed by atoms with Crippen molar-refractivity contribution < 1.29 is 28.2 Å². The molecule has 1 fully saturated rings. The van der Waals surface area contributed by atoms with Crippen LogP contribution in [0.1, 0.15) is 25.7 Å². The van der Waals surface area contributed by atoms with Gasteiger partial charge in [-0.25, -0.2) is 4.79 Å². The monoisotopic (exact) mass is 270 g/mol. The van der Waals surface area contributed by atoms with E-state index in [-0.39, 0.29) is 12.1 Å². The minimum Gasteiger partial charge on any atom is -0.465 e. The Kier molecular flexibility index (Phi) is 5.21. The van der Waals surface area contributed by atoms with Gasteiger partial charge in [-0.15, -0.1) is 0 Å². The molecule has 0 aromatic carbocycles. The van der Waals surface area contributed by atoms with E-state index in [0.717, 1.165) is 0 Å². The van der Waals surface area contributed by atoms with Crippen molar-refractivity contribution in [1.29, 1.82) is 0 Å². The molecule has 1 aliphatic rings. The van der Waals surface area contributed by atoms with Gasteiger partial charge in [-0.05, 0) is 25.7 Å². The second kappa shape index (κ2) is 6.24. The largest absolute Gasteiger partial charge is 0.465 e. The first-order valence-electron chi connectivity index (χ1n) is 5.76. The van der Waals surface area contributed by atoms with Crippen LogP contribution in [0.15, 0.2) is 0 Å². The Balaban J connectivity index is 2.37. The number of aliphatic hydroxyl groups excluding tert-OH is 1. The minimum absolute atomic E-state index is 0.195. The molecular formula is C10H17F3N2O3. The van der Waals surface area contributed by atoms with Crippen molar-refractivity contribution in [2.75, 3.05) is 6.61 Å². The van der Waals surface area contributed by atoms with Crippen molar-refractivity contribution in [2.45, 2.75) is 50.0 Å². The second-order valence-corrected chi connectivity index (χ2v) is 4.44. The van der Waals surface area contributed by atoms with Gasteiger partial charge in [0.25, 0.3) is 0 Å². The molecule has 18 heavy (non-hydrogen) atoms. The lowest BCUT2D eigenvalue weighted by Crippen LogP contribution is -2.51.